The Morgan fingerprint density at radius 3 is 2.46 bits per heavy atom. The van der Waals surface area contributed by atoms with Gasteiger partial charge in [0.25, 0.3) is 0 Å². The first-order valence-corrected chi connectivity index (χ1v) is 4.82. The van der Waals surface area contributed by atoms with E-state index in [-0.39, 0.29) is 0 Å². The van der Waals surface area contributed by atoms with Crippen molar-refractivity contribution in [2.75, 3.05) is 13.1 Å². The van der Waals surface area contributed by atoms with E-state index in [1.165, 1.54) is 5.56 Å². The number of hydrogen-bond donors (Lipinski definition) is 1. The molecule has 1 aliphatic rings. The van der Waals surface area contributed by atoms with E-state index in [0.29, 0.717) is 12.1 Å². The van der Waals surface area contributed by atoms with Crippen LogP contribution in [0.4, 0.5) is 0 Å². The van der Waals surface area contributed by atoms with Crippen molar-refractivity contribution in [2.45, 2.75) is 19.0 Å². The molecule has 0 saturated carbocycles. The van der Waals surface area contributed by atoms with Crippen LogP contribution in [0.5, 0.6) is 0 Å². The number of likely N-dealkylation sites (tertiary alicyclic amines) is 1. The summed E-state index contributed by atoms with van der Waals surface area (Å²) in [6, 6.07) is 11.5. The summed E-state index contributed by atoms with van der Waals surface area (Å²) in [6.07, 6.45) is 0. The lowest BCUT2D eigenvalue weighted by atomic mass is 10.0. The van der Waals surface area contributed by atoms with Crippen molar-refractivity contribution in [2.24, 2.45) is 5.73 Å². The molecule has 1 aromatic carbocycles. The molecule has 2 N–H and O–H groups in total. The van der Waals surface area contributed by atoms with E-state index >= 15 is 0 Å². The van der Waals surface area contributed by atoms with Crippen LogP contribution in [-0.4, -0.2) is 24.0 Å². The normalized spacial score (nSPS) is 21.1. The van der Waals surface area contributed by atoms with Crippen molar-refractivity contribution in [3.05, 3.63) is 35.9 Å². The summed E-state index contributed by atoms with van der Waals surface area (Å²) in [4.78, 5) is 2.40. The van der Waals surface area contributed by atoms with Crippen LogP contribution in [-0.2, 0) is 0 Å². The highest BCUT2D eigenvalue weighted by Gasteiger charge is 2.27. The molecule has 1 aromatic rings. The molecule has 0 aliphatic carbocycles. The Kier molecular flexibility index (Phi) is 2.34. The summed E-state index contributed by atoms with van der Waals surface area (Å²) in [5, 5.41) is 0. The maximum atomic E-state index is 5.74. The minimum Gasteiger partial charge on any atom is -0.325 e. The zero-order valence-corrected chi connectivity index (χ0v) is 7.98. The van der Waals surface area contributed by atoms with Gasteiger partial charge in [-0.3, -0.25) is 4.90 Å². The van der Waals surface area contributed by atoms with Crippen molar-refractivity contribution in [3.63, 3.8) is 0 Å². The molecule has 2 nitrogen and oxygen atoms in total. The quantitative estimate of drug-likeness (QED) is 0.738. The van der Waals surface area contributed by atoms with Crippen molar-refractivity contribution < 1.29 is 0 Å². The highest BCUT2D eigenvalue weighted by atomic mass is 15.2. The second kappa shape index (κ2) is 3.48. The highest BCUT2D eigenvalue weighted by molar-refractivity contribution is 5.19. The maximum Gasteiger partial charge on any atom is 0.0321 e. The predicted molar refractivity (Wildman–Crippen MR) is 54.4 cm³/mol. The number of hydrogen-bond acceptors (Lipinski definition) is 2. The molecule has 1 fully saturated rings. The average molecular weight is 176 g/mol. The van der Waals surface area contributed by atoms with Crippen LogP contribution >= 0.6 is 0 Å². The highest BCUT2D eigenvalue weighted by Crippen LogP contribution is 2.23. The topological polar surface area (TPSA) is 29.3 Å². The Morgan fingerprint density at radius 1 is 1.31 bits per heavy atom. The van der Waals surface area contributed by atoms with Crippen molar-refractivity contribution >= 4 is 0 Å². The Bertz CT molecular complexity index is 265. The summed E-state index contributed by atoms with van der Waals surface area (Å²) in [5.41, 5.74) is 7.13. The van der Waals surface area contributed by atoms with E-state index < -0.39 is 0 Å². The SMILES string of the molecule is CC(c1ccccc1)N1CC(N)C1. The number of benzene rings is 1. The lowest BCUT2D eigenvalue weighted by Crippen LogP contribution is -2.56. The fourth-order valence-electron chi connectivity index (χ4n) is 1.81. The van der Waals surface area contributed by atoms with Crippen molar-refractivity contribution in [1.82, 2.24) is 4.90 Å². The van der Waals surface area contributed by atoms with Crippen LogP contribution in [0.3, 0.4) is 0 Å². The van der Waals surface area contributed by atoms with Crippen LogP contribution in [0.25, 0.3) is 0 Å². The van der Waals surface area contributed by atoms with Gasteiger partial charge < -0.3 is 5.73 Å². The first-order valence-electron chi connectivity index (χ1n) is 4.82. The maximum absolute atomic E-state index is 5.74. The molecule has 0 aromatic heterocycles. The molecule has 2 heteroatoms. The Morgan fingerprint density at radius 2 is 1.92 bits per heavy atom. The van der Waals surface area contributed by atoms with Gasteiger partial charge in [-0.2, -0.15) is 0 Å². The van der Waals surface area contributed by atoms with E-state index in [1.807, 2.05) is 0 Å². The molecule has 70 valence electrons. The van der Waals surface area contributed by atoms with Crippen LogP contribution in [0.15, 0.2) is 30.3 Å². The molecule has 1 aliphatic heterocycles. The monoisotopic (exact) mass is 176 g/mol. The van der Waals surface area contributed by atoms with Gasteiger partial charge in [-0.15, -0.1) is 0 Å². The van der Waals surface area contributed by atoms with Gasteiger partial charge in [-0.05, 0) is 12.5 Å². The van der Waals surface area contributed by atoms with Crippen LogP contribution in [0, 0.1) is 0 Å². The molecule has 0 radical (unpaired) electrons. The lowest BCUT2D eigenvalue weighted by Gasteiger charge is -2.41. The van der Waals surface area contributed by atoms with Gasteiger partial charge in [0, 0.05) is 25.2 Å². The van der Waals surface area contributed by atoms with Gasteiger partial charge in [0.1, 0.15) is 0 Å². The molecular weight excluding hydrogens is 160 g/mol. The molecular formula is C11H16N2. The van der Waals surface area contributed by atoms with Crippen molar-refractivity contribution in [3.8, 4) is 0 Å². The van der Waals surface area contributed by atoms with Gasteiger partial charge in [-0.1, -0.05) is 30.3 Å². The van der Waals surface area contributed by atoms with E-state index in [4.69, 9.17) is 5.73 Å². The van der Waals surface area contributed by atoms with Gasteiger partial charge in [0.05, 0.1) is 0 Å². The molecule has 1 heterocycles. The molecule has 1 atom stereocenters. The molecule has 1 saturated heterocycles. The minimum absolute atomic E-state index is 0.395. The summed E-state index contributed by atoms with van der Waals surface area (Å²) >= 11 is 0. The third kappa shape index (κ3) is 1.74. The first kappa shape index (κ1) is 8.73. The Hall–Kier alpha value is -0.860. The van der Waals surface area contributed by atoms with E-state index in [9.17, 15) is 0 Å². The van der Waals surface area contributed by atoms with E-state index in [2.05, 4.69) is 42.2 Å². The minimum atomic E-state index is 0.395. The average Bonchev–Trinajstić information content (AvgIpc) is 2.13. The molecule has 0 spiro atoms. The zero-order chi connectivity index (χ0) is 9.26. The second-order valence-corrected chi connectivity index (χ2v) is 3.80. The fraction of sp³-hybridized carbons (Fsp3) is 0.455. The van der Waals surface area contributed by atoms with E-state index in [0.717, 1.165) is 13.1 Å². The summed E-state index contributed by atoms with van der Waals surface area (Å²) in [5.74, 6) is 0. The van der Waals surface area contributed by atoms with Crippen LogP contribution < -0.4 is 5.73 Å². The predicted octanol–water partition coefficient (Wildman–Crippen LogP) is 1.39. The van der Waals surface area contributed by atoms with E-state index in [1.54, 1.807) is 0 Å². The molecule has 2 rings (SSSR count). The first-order chi connectivity index (χ1) is 6.27. The number of nitrogens with two attached hydrogens (primary N) is 1. The smallest absolute Gasteiger partial charge is 0.0321 e. The van der Waals surface area contributed by atoms with Gasteiger partial charge >= 0.3 is 0 Å². The Balaban J connectivity index is 2.02. The fourth-order valence-corrected chi connectivity index (χ4v) is 1.81. The second-order valence-electron chi connectivity index (χ2n) is 3.80. The zero-order valence-electron chi connectivity index (χ0n) is 7.98. The van der Waals surface area contributed by atoms with Crippen LogP contribution in [0.1, 0.15) is 18.5 Å². The molecule has 13 heavy (non-hydrogen) atoms. The lowest BCUT2D eigenvalue weighted by molar-refractivity contribution is 0.103. The third-order valence-electron chi connectivity index (χ3n) is 2.77. The van der Waals surface area contributed by atoms with Gasteiger partial charge in [-0.25, -0.2) is 0 Å². The standard InChI is InChI=1S/C11H16N2/c1-9(13-7-11(12)8-13)10-5-3-2-4-6-10/h2-6,9,11H,7-8,12H2,1H3. The van der Waals surface area contributed by atoms with Crippen LogP contribution in [0.2, 0.25) is 0 Å². The number of nitrogens with zero attached hydrogens (tertiary/aromatic N) is 1. The van der Waals surface area contributed by atoms with Crippen molar-refractivity contribution in [1.29, 1.82) is 0 Å². The summed E-state index contributed by atoms with van der Waals surface area (Å²) in [7, 11) is 0. The van der Waals surface area contributed by atoms with Gasteiger partial charge in [0.2, 0.25) is 0 Å². The Labute approximate surface area is 79.4 Å². The third-order valence-corrected chi connectivity index (χ3v) is 2.77. The molecule has 0 bridgehead atoms. The molecule has 0 amide bonds. The largest absolute Gasteiger partial charge is 0.325 e. The number of rotatable bonds is 2. The summed E-state index contributed by atoms with van der Waals surface area (Å²) in [6.45, 7) is 4.31. The summed E-state index contributed by atoms with van der Waals surface area (Å²) < 4.78 is 0. The molecule has 1 unspecified atom stereocenters. The van der Waals surface area contributed by atoms with Gasteiger partial charge in [0.15, 0.2) is 0 Å².